The lowest BCUT2D eigenvalue weighted by atomic mass is 10.0. The molecular formula is C11H19BrN6. The van der Waals surface area contributed by atoms with Crippen LogP contribution in [0.2, 0.25) is 0 Å². The molecule has 1 fully saturated rings. The molecular weight excluding hydrogens is 296 g/mol. The van der Waals surface area contributed by atoms with Crippen LogP contribution in [0.3, 0.4) is 0 Å². The highest BCUT2D eigenvalue weighted by molar-refractivity contribution is 9.10. The van der Waals surface area contributed by atoms with Crippen LogP contribution in [0.4, 0.5) is 11.6 Å². The van der Waals surface area contributed by atoms with Gasteiger partial charge in [0, 0.05) is 12.6 Å². The molecule has 7 heteroatoms. The van der Waals surface area contributed by atoms with Gasteiger partial charge in [0.05, 0.1) is 0 Å². The molecule has 2 heterocycles. The number of hydrogen-bond donors (Lipinski definition) is 3. The molecule has 4 N–H and O–H groups in total. The number of likely N-dealkylation sites (tertiary alicyclic amines) is 1. The maximum Gasteiger partial charge on any atom is 0.159 e. The summed E-state index contributed by atoms with van der Waals surface area (Å²) in [6.45, 7) is 2.06. The summed E-state index contributed by atoms with van der Waals surface area (Å²) in [5.41, 5.74) is 2.53. The van der Waals surface area contributed by atoms with Crippen molar-refractivity contribution >= 4 is 27.6 Å². The summed E-state index contributed by atoms with van der Waals surface area (Å²) >= 11 is 3.44. The van der Waals surface area contributed by atoms with Crippen molar-refractivity contribution in [3.63, 3.8) is 0 Å². The van der Waals surface area contributed by atoms with Crippen LogP contribution in [-0.4, -0.2) is 41.0 Å². The van der Waals surface area contributed by atoms with Gasteiger partial charge in [-0.1, -0.05) is 6.42 Å². The van der Waals surface area contributed by atoms with Crippen LogP contribution in [0.1, 0.15) is 19.3 Å². The molecule has 1 atom stereocenters. The fourth-order valence-electron chi connectivity index (χ4n) is 2.21. The maximum atomic E-state index is 5.37. The summed E-state index contributed by atoms with van der Waals surface area (Å²) in [7, 11) is 2.17. The zero-order valence-corrected chi connectivity index (χ0v) is 12.1. The van der Waals surface area contributed by atoms with E-state index in [4.69, 9.17) is 5.84 Å². The van der Waals surface area contributed by atoms with Crippen LogP contribution in [-0.2, 0) is 0 Å². The predicted octanol–water partition coefficient (Wildman–Crippen LogP) is 1.42. The standard InChI is InChI=1S/C11H19BrN6/c1-18-5-3-2-4-8(18)6-14-10-9(12)11(17-13)16-7-15-10/h7-8H,2-6,13H2,1H3,(H2,14,15,16,17). The van der Waals surface area contributed by atoms with Crippen molar-refractivity contribution in [1.82, 2.24) is 14.9 Å². The van der Waals surface area contributed by atoms with Gasteiger partial charge in [0.25, 0.3) is 0 Å². The molecule has 1 unspecified atom stereocenters. The third-order valence-electron chi connectivity index (χ3n) is 3.35. The highest BCUT2D eigenvalue weighted by Gasteiger charge is 2.19. The van der Waals surface area contributed by atoms with Gasteiger partial charge < -0.3 is 15.6 Å². The van der Waals surface area contributed by atoms with E-state index in [2.05, 4.69) is 48.6 Å². The number of nitrogens with zero attached hydrogens (tertiary/aromatic N) is 3. The zero-order chi connectivity index (χ0) is 13.0. The summed E-state index contributed by atoms with van der Waals surface area (Å²) in [5.74, 6) is 6.74. The zero-order valence-electron chi connectivity index (χ0n) is 10.5. The highest BCUT2D eigenvalue weighted by atomic mass is 79.9. The van der Waals surface area contributed by atoms with Gasteiger partial charge in [-0.05, 0) is 42.4 Å². The van der Waals surface area contributed by atoms with Crippen molar-refractivity contribution in [2.75, 3.05) is 30.9 Å². The van der Waals surface area contributed by atoms with Crippen molar-refractivity contribution < 1.29 is 0 Å². The number of anilines is 2. The Morgan fingerprint density at radius 2 is 2.22 bits per heavy atom. The normalized spacial score (nSPS) is 20.7. The van der Waals surface area contributed by atoms with E-state index in [1.807, 2.05) is 0 Å². The van der Waals surface area contributed by atoms with E-state index in [0.29, 0.717) is 11.9 Å². The van der Waals surface area contributed by atoms with Crippen molar-refractivity contribution in [3.8, 4) is 0 Å². The number of nitrogens with one attached hydrogen (secondary N) is 2. The van der Waals surface area contributed by atoms with Gasteiger partial charge in [-0.15, -0.1) is 0 Å². The number of halogens is 1. The summed E-state index contributed by atoms with van der Waals surface area (Å²) < 4.78 is 0.769. The average molecular weight is 315 g/mol. The summed E-state index contributed by atoms with van der Waals surface area (Å²) in [6.07, 6.45) is 5.32. The van der Waals surface area contributed by atoms with Gasteiger partial charge in [0.2, 0.25) is 0 Å². The lowest BCUT2D eigenvalue weighted by Gasteiger charge is -2.32. The minimum atomic E-state index is 0.565. The molecule has 6 nitrogen and oxygen atoms in total. The molecule has 2 rings (SSSR count). The quantitative estimate of drug-likeness (QED) is 0.576. The lowest BCUT2D eigenvalue weighted by Crippen LogP contribution is -2.40. The number of hydrogen-bond acceptors (Lipinski definition) is 6. The van der Waals surface area contributed by atoms with E-state index >= 15 is 0 Å². The van der Waals surface area contributed by atoms with Crippen LogP contribution < -0.4 is 16.6 Å². The molecule has 1 aromatic heterocycles. The molecule has 0 saturated carbocycles. The Kier molecular flexibility index (Phi) is 4.73. The number of rotatable bonds is 4. The first-order valence-electron chi connectivity index (χ1n) is 6.13. The molecule has 0 aromatic carbocycles. The Morgan fingerprint density at radius 1 is 1.44 bits per heavy atom. The fourth-order valence-corrected chi connectivity index (χ4v) is 2.67. The smallest absolute Gasteiger partial charge is 0.159 e. The molecule has 0 radical (unpaired) electrons. The van der Waals surface area contributed by atoms with Crippen LogP contribution in [0.15, 0.2) is 10.8 Å². The first kappa shape index (κ1) is 13.5. The van der Waals surface area contributed by atoms with Gasteiger partial charge >= 0.3 is 0 Å². The van der Waals surface area contributed by atoms with Crippen molar-refractivity contribution in [2.45, 2.75) is 25.3 Å². The molecule has 0 amide bonds. The van der Waals surface area contributed by atoms with E-state index < -0.39 is 0 Å². The molecule has 1 aromatic rings. The Hall–Kier alpha value is -0.920. The van der Waals surface area contributed by atoms with Crippen LogP contribution >= 0.6 is 15.9 Å². The molecule has 0 bridgehead atoms. The van der Waals surface area contributed by atoms with E-state index in [1.54, 1.807) is 0 Å². The topological polar surface area (TPSA) is 79.1 Å². The number of nitrogen functional groups attached to an aromatic ring is 1. The minimum absolute atomic E-state index is 0.565. The Labute approximate surface area is 115 Å². The number of nitrogens with two attached hydrogens (primary N) is 1. The molecule has 1 aliphatic heterocycles. The average Bonchev–Trinajstić information content (AvgIpc) is 2.39. The predicted molar refractivity (Wildman–Crippen MR) is 76.3 cm³/mol. The van der Waals surface area contributed by atoms with Crippen molar-refractivity contribution in [3.05, 3.63) is 10.8 Å². The number of piperidine rings is 1. The lowest BCUT2D eigenvalue weighted by molar-refractivity contribution is 0.194. The van der Waals surface area contributed by atoms with Crippen molar-refractivity contribution in [1.29, 1.82) is 0 Å². The van der Waals surface area contributed by atoms with E-state index in [0.717, 1.165) is 16.8 Å². The van der Waals surface area contributed by atoms with Crippen LogP contribution in [0.5, 0.6) is 0 Å². The fraction of sp³-hybridized carbons (Fsp3) is 0.636. The van der Waals surface area contributed by atoms with Crippen LogP contribution in [0.25, 0.3) is 0 Å². The largest absolute Gasteiger partial charge is 0.367 e. The Balaban J connectivity index is 1.97. The summed E-state index contributed by atoms with van der Waals surface area (Å²) in [4.78, 5) is 10.6. The monoisotopic (exact) mass is 314 g/mol. The maximum absolute atomic E-state index is 5.37. The second-order valence-corrected chi connectivity index (χ2v) is 5.33. The second-order valence-electron chi connectivity index (χ2n) is 4.54. The van der Waals surface area contributed by atoms with Gasteiger partial charge in [0.1, 0.15) is 16.6 Å². The van der Waals surface area contributed by atoms with Gasteiger partial charge in [-0.25, -0.2) is 15.8 Å². The number of aromatic nitrogens is 2. The van der Waals surface area contributed by atoms with Crippen molar-refractivity contribution in [2.24, 2.45) is 5.84 Å². The van der Waals surface area contributed by atoms with Gasteiger partial charge in [-0.3, -0.25) is 0 Å². The SMILES string of the molecule is CN1CCCCC1CNc1ncnc(NN)c1Br. The Morgan fingerprint density at radius 3 is 2.94 bits per heavy atom. The molecule has 0 aliphatic carbocycles. The Bertz CT molecular complexity index is 399. The van der Waals surface area contributed by atoms with Gasteiger partial charge in [-0.2, -0.15) is 0 Å². The third-order valence-corrected chi connectivity index (χ3v) is 4.10. The first-order chi connectivity index (χ1) is 8.72. The molecule has 0 spiro atoms. The highest BCUT2D eigenvalue weighted by Crippen LogP contribution is 2.26. The number of hydrazine groups is 1. The van der Waals surface area contributed by atoms with E-state index in [-0.39, 0.29) is 0 Å². The molecule has 1 saturated heterocycles. The minimum Gasteiger partial charge on any atom is -0.367 e. The van der Waals surface area contributed by atoms with Crippen LogP contribution in [0, 0.1) is 0 Å². The second kappa shape index (κ2) is 6.31. The first-order valence-corrected chi connectivity index (χ1v) is 6.93. The molecule has 18 heavy (non-hydrogen) atoms. The third kappa shape index (κ3) is 3.09. The number of likely N-dealkylation sites (N-methyl/N-ethyl adjacent to an activating group) is 1. The summed E-state index contributed by atoms with van der Waals surface area (Å²) in [5, 5.41) is 3.35. The van der Waals surface area contributed by atoms with E-state index in [9.17, 15) is 0 Å². The molecule has 100 valence electrons. The molecule has 1 aliphatic rings. The van der Waals surface area contributed by atoms with Gasteiger partial charge in [0.15, 0.2) is 5.82 Å². The van der Waals surface area contributed by atoms with E-state index in [1.165, 1.54) is 32.1 Å². The summed E-state index contributed by atoms with van der Waals surface area (Å²) in [6, 6.07) is 0.565.